The third-order valence-electron chi connectivity index (χ3n) is 4.39. The van der Waals surface area contributed by atoms with Gasteiger partial charge in [0, 0.05) is 31.9 Å². The summed E-state index contributed by atoms with van der Waals surface area (Å²) in [6, 6.07) is 8.52. The number of piperazine rings is 1. The first-order valence-corrected chi connectivity index (χ1v) is 10.7. The Morgan fingerprint density at radius 1 is 1.22 bits per heavy atom. The van der Waals surface area contributed by atoms with Crippen LogP contribution in [-0.4, -0.2) is 59.9 Å². The van der Waals surface area contributed by atoms with Crippen molar-refractivity contribution in [2.45, 2.75) is 11.1 Å². The third-order valence-corrected chi connectivity index (χ3v) is 7.87. The lowest BCUT2D eigenvalue weighted by Gasteiger charge is -2.33. The van der Waals surface area contributed by atoms with Gasteiger partial charge >= 0.3 is 0 Å². The van der Waals surface area contributed by atoms with Crippen LogP contribution >= 0.6 is 11.3 Å². The highest BCUT2D eigenvalue weighted by Gasteiger charge is 2.32. The summed E-state index contributed by atoms with van der Waals surface area (Å²) in [7, 11) is -3.59. The van der Waals surface area contributed by atoms with Gasteiger partial charge in [-0.05, 0) is 37.3 Å². The number of hydrogen-bond donors (Lipinski definition) is 1. The minimum atomic E-state index is -3.59. The van der Waals surface area contributed by atoms with Crippen molar-refractivity contribution in [3.63, 3.8) is 0 Å². The number of nitrogens with zero attached hydrogens (tertiary/aromatic N) is 3. The molecule has 3 aromatic rings. The molecule has 4 rings (SSSR count). The highest BCUT2D eigenvalue weighted by atomic mass is 32.2. The second-order valence-corrected chi connectivity index (χ2v) is 9.48. The molecule has 1 fully saturated rings. The third kappa shape index (κ3) is 3.43. The maximum Gasteiger partial charge on any atom is 0.289 e. The molecule has 0 atom stereocenters. The van der Waals surface area contributed by atoms with Crippen molar-refractivity contribution in [2.75, 3.05) is 26.2 Å². The molecule has 0 radical (unpaired) electrons. The zero-order valence-electron chi connectivity index (χ0n) is 14.6. The first-order chi connectivity index (χ1) is 12.9. The minimum Gasteiger partial charge on any atom is -0.459 e. The fourth-order valence-corrected chi connectivity index (χ4v) is 5.80. The predicted octanol–water partition coefficient (Wildman–Crippen LogP) is 2.19. The van der Waals surface area contributed by atoms with Crippen LogP contribution in [0.3, 0.4) is 0 Å². The molecule has 1 saturated heterocycles. The average molecular weight is 406 g/mol. The van der Waals surface area contributed by atoms with E-state index in [1.807, 2.05) is 13.0 Å². The number of carbonyl (C=O) groups excluding carboxylic acids is 1. The Hall–Kier alpha value is -2.43. The monoisotopic (exact) mass is 406 g/mol. The minimum absolute atomic E-state index is 0.218. The fraction of sp³-hybridized carbons (Fsp3) is 0.294. The molecule has 0 unspecified atom stereocenters. The van der Waals surface area contributed by atoms with E-state index in [1.54, 1.807) is 29.2 Å². The van der Waals surface area contributed by atoms with Gasteiger partial charge in [-0.25, -0.2) is 8.42 Å². The molecule has 27 heavy (non-hydrogen) atoms. The Balaban J connectivity index is 1.46. The van der Waals surface area contributed by atoms with Crippen LogP contribution in [0.4, 0.5) is 0 Å². The number of furan rings is 1. The van der Waals surface area contributed by atoms with Gasteiger partial charge in [0.25, 0.3) is 15.9 Å². The van der Waals surface area contributed by atoms with Crippen LogP contribution in [0.15, 0.2) is 45.2 Å². The van der Waals surface area contributed by atoms with Crippen LogP contribution in [0.5, 0.6) is 0 Å². The molecule has 1 N–H and O–H groups in total. The number of sulfonamides is 1. The molecule has 3 aromatic heterocycles. The molecule has 8 nitrogen and oxygen atoms in total. The number of aromatic amines is 1. The smallest absolute Gasteiger partial charge is 0.289 e. The number of carbonyl (C=O) groups is 1. The Morgan fingerprint density at radius 2 is 2.00 bits per heavy atom. The van der Waals surface area contributed by atoms with E-state index in [2.05, 4.69) is 10.2 Å². The molecule has 0 aliphatic carbocycles. The maximum absolute atomic E-state index is 12.9. The number of hydrogen-bond acceptors (Lipinski definition) is 6. The van der Waals surface area contributed by atoms with E-state index in [4.69, 9.17) is 4.42 Å². The SMILES string of the molecule is Cc1cc(-c2ccc(S(=O)(=O)N3CCN(C(=O)c4ccco4)CC3)s2)n[nH]1. The highest BCUT2D eigenvalue weighted by Crippen LogP contribution is 2.32. The van der Waals surface area contributed by atoms with Crippen molar-refractivity contribution in [1.29, 1.82) is 0 Å². The van der Waals surface area contributed by atoms with Crippen molar-refractivity contribution >= 4 is 27.3 Å². The topological polar surface area (TPSA) is 99.5 Å². The van der Waals surface area contributed by atoms with E-state index >= 15 is 0 Å². The first-order valence-electron chi connectivity index (χ1n) is 8.40. The number of aryl methyl sites for hydroxylation is 1. The normalized spacial score (nSPS) is 16.0. The van der Waals surface area contributed by atoms with Gasteiger partial charge in [-0.15, -0.1) is 11.3 Å². The van der Waals surface area contributed by atoms with Gasteiger partial charge in [0.15, 0.2) is 5.76 Å². The summed E-state index contributed by atoms with van der Waals surface area (Å²) in [6.07, 6.45) is 1.45. The number of thiophene rings is 1. The zero-order chi connectivity index (χ0) is 19.0. The van der Waals surface area contributed by atoms with Crippen LogP contribution < -0.4 is 0 Å². The van der Waals surface area contributed by atoms with Gasteiger partial charge in [0.2, 0.25) is 0 Å². The molecule has 1 aliphatic heterocycles. The van der Waals surface area contributed by atoms with Crippen molar-refractivity contribution in [2.24, 2.45) is 0 Å². The van der Waals surface area contributed by atoms with Crippen molar-refractivity contribution in [1.82, 2.24) is 19.4 Å². The summed E-state index contributed by atoms with van der Waals surface area (Å²) in [5.41, 5.74) is 1.65. The molecular weight excluding hydrogens is 388 g/mol. The predicted molar refractivity (Wildman–Crippen MR) is 100 cm³/mol. The quantitative estimate of drug-likeness (QED) is 0.716. The second kappa shape index (κ2) is 6.95. The zero-order valence-corrected chi connectivity index (χ0v) is 16.2. The summed E-state index contributed by atoms with van der Waals surface area (Å²) < 4.78 is 32.7. The Labute approximate surface area is 160 Å². The van der Waals surface area contributed by atoms with Crippen LogP contribution in [-0.2, 0) is 10.0 Å². The molecule has 0 saturated carbocycles. The molecule has 1 amide bonds. The second-order valence-electron chi connectivity index (χ2n) is 6.23. The number of nitrogens with one attached hydrogen (secondary N) is 1. The van der Waals surface area contributed by atoms with E-state index < -0.39 is 10.0 Å². The van der Waals surface area contributed by atoms with Gasteiger partial charge in [0.05, 0.1) is 11.1 Å². The Kier molecular flexibility index (Phi) is 4.62. The van der Waals surface area contributed by atoms with E-state index in [0.717, 1.165) is 16.3 Å². The molecule has 10 heteroatoms. The molecule has 142 valence electrons. The van der Waals surface area contributed by atoms with E-state index in [0.29, 0.717) is 13.1 Å². The Bertz CT molecular complexity index is 1040. The fourth-order valence-electron chi connectivity index (χ4n) is 2.96. The highest BCUT2D eigenvalue weighted by molar-refractivity contribution is 7.91. The summed E-state index contributed by atoms with van der Waals surface area (Å²) in [5, 5.41) is 7.03. The lowest BCUT2D eigenvalue weighted by Crippen LogP contribution is -2.50. The van der Waals surface area contributed by atoms with Gasteiger partial charge in [-0.1, -0.05) is 0 Å². The molecule has 4 heterocycles. The summed E-state index contributed by atoms with van der Waals surface area (Å²) in [5.74, 6) is 0.0489. The average Bonchev–Trinajstić information content (AvgIpc) is 3.42. The van der Waals surface area contributed by atoms with Gasteiger partial charge in [-0.2, -0.15) is 9.40 Å². The van der Waals surface area contributed by atoms with Gasteiger partial charge < -0.3 is 9.32 Å². The maximum atomic E-state index is 12.9. The van der Waals surface area contributed by atoms with Crippen molar-refractivity contribution < 1.29 is 17.6 Å². The van der Waals surface area contributed by atoms with Gasteiger partial charge in [-0.3, -0.25) is 9.89 Å². The summed E-state index contributed by atoms with van der Waals surface area (Å²) >= 11 is 1.20. The number of amides is 1. The molecule has 0 bridgehead atoms. The van der Waals surface area contributed by atoms with Crippen LogP contribution in [0, 0.1) is 6.92 Å². The summed E-state index contributed by atoms with van der Waals surface area (Å²) in [6.45, 7) is 3.06. The van der Waals surface area contributed by atoms with E-state index in [9.17, 15) is 13.2 Å². The molecule has 0 spiro atoms. The lowest BCUT2D eigenvalue weighted by molar-refractivity contribution is 0.0666. The van der Waals surface area contributed by atoms with Crippen LogP contribution in [0.1, 0.15) is 16.2 Å². The van der Waals surface area contributed by atoms with Gasteiger partial charge in [0.1, 0.15) is 9.90 Å². The summed E-state index contributed by atoms with van der Waals surface area (Å²) in [4.78, 5) is 14.7. The Morgan fingerprint density at radius 3 is 2.63 bits per heavy atom. The van der Waals surface area contributed by atoms with E-state index in [-0.39, 0.29) is 29.0 Å². The largest absolute Gasteiger partial charge is 0.459 e. The molecular formula is C17H18N4O4S2. The first kappa shape index (κ1) is 18.0. The molecule has 1 aliphatic rings. The van der Waals surface area contributed by atoms with E-state index in [1.165, 1.54) is 21.9 Å². The van der Waals surface area contributed by atoms with Crippen LogP contribution in [0.2, 0.25) is 0 Å². The van der Waals surface area contributed by atoms with Crippen LogP contribution in [0.25, 0.3) is 10.6 Å². The molecule has 0 aromatic carbocycles. The number of aromatic nitrogens is 2. The van der Waals surface area contributed by atoms with Crippen molar-refractivity contribution in [3.05, 3.63) is 48.0 Å². The number of rotatable bonds is 4. The van der Waals surface area contributed by atoms with Crippen molar-refractivity contribution in [3.8, 4) is 10.6 Å². The number of H-pyrrole nitrogens is 1. The standard InChI is InChI=1S/C17H18N4O4S2/c1-12-11-13(19-18-12)15-4-5-16(26-15)27(23,24)21-8-6-20(7-9-21)17(22)14-3-2-10-25-14/h2-5,10-11H,6-9H2,1H3,(H,18,19). The lowest BCUT2D eigenvalue weighted by atomic mass is 10.3.